The van der Waals surface area contributed by atoms with E-state index < -0.39 is 10.8 Å². The van der Waals surface area contributed by atoms with E-state index in [4.69, 9.17) is 0 Å². The number of nitro groups is 1. The first-order chi connectivity index (χ1) is 15.8. The van der Waals surface area contributed by atoms with Crippen LogP contribution in [0.1, 0.15) is 48.2 Å². The summed E-state index contributed by atoms with van der Waals surface area (Å²) in [7, 11) is 0. The van der Waals surface area contributed by atoms with Crippen molar-refractivity contribution in [1.82, 2.24) is 5.32 Å². The molecule has 0 radical (unpaired) electrons. The number of nitrogens with one attached hydrogen (secondary N) is 1. The third-order valence-corrected chi connectivity index (χ3v) is 6.49. The Labute approximate surface area is 196 Å². The highest BCUT2D eigenvalue weighted by Gasteiger charge is 2.34. The van der Waals surface area contributed by atoms with Crippen LogP contribution in [0.3, 0.4) is 0 Å². The lowest BCUT2D eigenvalue weighted by molar-refractivity contribution is -0.384. The second kappa shape index (κ2) is 10.3. The van der Waals surface area contributed by atoms with Crippen molar-refractivity contribution in [2.75, 3.05) is 5.75 Å². The average Bonchev–Trinajstić information content (AvgIpc) is 2.81. The minimum Gasteiger partial charge on any atom is -0.353 e. The highest BCUT2D eigenvalue weighted by molar-refractivity contribution is 8.03. The van der Waals surface area contributed by atoms with Crippen LogP contribution in [-0.4, -0.2) is 22.2 Å². The molecule has 1 aliphatic rings. The fourth-order valence-electron chi connectivity index (χ4n) is 3.79. The first kappa shape index (κ1) is 24.0. The summed E-state index contributed by atoms with van der Waals surface area (Å²) < 4.78 is 0. The molecule has 168 valence electrons. The van der Waals surface area contributed by atoms with Gasteiger partial charge >= 0.3 is 0 Å². The number of aryl methyl sites for hydroxylation is 1. The lowest BCUT2D eigenvalue weighted by Gasteiger charge is -2.29. The Bertz CT molecular complexity index is 1220. The molecule has 1 N–H and O–H groups in total. The lowest BCUT2D eigenvalue weighted by Crippen LogP contribution is -2.27. The van der Waals surface area contributed by atoms with Crippen molar-refractivity contribution in [1.29, 1.82) is 5.26 Å². The fourth-order valence-corrected chi connectivity index (χ4v) is 4.78. The van der Waals surface area contributed by atoms with Crippen molar-refractivity contribution >= 4 is 29.0 Å². The van der Waals surface area contributed by atoms with Crippen LogP contribution >= 0.6 is 11.8 Å². The Kier molecular flexibility index (Phi) is 7.46. The van der Waals surface area contributed by atoms with Gasteiger partial charge in [0.1, 0.15) is 0 Å². The number of nitro benzene ring substituents is 1. The van der Waals surface area contributed by atoms with Crippen molar-refractivity contribution in [3.05, 3.63) is 97.2 Å². The van der Waals surface area contributed by atoms with E-state index in [0.29, 0.717) is 27.4 Å². The van der Waals surface area contributed by atoms with Crippen LogP contribution < -0.4 is 5.32 Å². The number of Topliss-reactive ketones (excluding diaryl/α,β-unsaturated/α-hetero) is 2. The van der Waals surface area contributed by atoms with Crippen LogP contribution in [0.5, 0.6) is 0 Å². The summed E-state index contributed by atoms with van der Waals surface area (Å²) in [4.78, 5) is 35.9. The molecule has 0 saturated carbocycles. The highest BCUT2D eigenvalue weighted by atomic mass is 32.2. The maximum absolute atomic E-state index is 12.7. The molecule has 8 heteroatoms. The molecule has 1 unspecified atom stereocenters. The Hall–Kier alpha value is -3.70. The molecule has 3 rings (SSSR count). The first-order valence-electron chi connectivity index (χ1n) is 10.4. The minimum absolute atomic E-state index is 0.0832. The van der Waals surface area contributed by atoms with E-state index in [9.17, 15) is 25.0 Å². The van der Waals surface area contributed by atoms with Gasteiger partial charge in [-0.2, -0.15) is 5.26 Å². The first-order valence-corrected chi connectivity index (χ1v) is 11.4. The van der Waals surface area contributed by atoms with E-state index in [0.717, 1.165) is 12.0 Å². The van der Waals surface area contributed by atoms with Crippen LogP contribution in [0.2, 0.25) is 0 Å². The molecule has 0 fully saturated rings. The zero-order valence-electron chi connectivity index (χ0n) is 18.5. The van der Waals surface area contributed by atoms with Crippen LogP contribution in [0.25, 0.3) is 0 Å². The van der Waals surface area contributed by atoms with Crippen LogP contribution in [-0.2, 0) is 11.2 Å². The summed E-state index contributed by atoms with van der Waals surface area (Å²) in [5, 5.41) is 24.8. The Morgan fingerprint density at radius 3 is 2.48 bits per heavy atom. The van der Waals surface area contributed by atoms with Gasteiger partial charge in [-0.15, -0.1) is 0 Å². The summed E-state index contributed by atoms with van der Waals surface area (Å²) in [5.74, 6) is -0.973. The summed E-state index contributed by atoms with van der Waals surface area (Å²) in [5.41, 5.74) is 3.26. The number of hydrogen-bond acceptors (Lipinski definition) is 7. The normalized spacial score (nSPS) is 15.6. The molecule has 1 heterocycles. The number of ketones is 2. The molecule has 0 aliphatic carbocycles. The number of nitriles is 1. The molecule has 0 aromatic heterocycles. The van der Waals surface area contributed by atoms with E-state index in [2.05, 4.69) is 11.4 Å². The predicted octanol–water partition coefficient (Wildman–Crippen LogP) is 5.06. The molecule has 0 spiro atoms. The summed E-state index contributed by atoms with van der Waals surface area (Å²) in [6.07, 6.45) is 0.884. The Morgan fingerprint density at radius 2 is 1.91 bits per heavy atom. The van der Waals surface area contributed by atoms with Gasteiger partial charge in [0, 0.05) is 29.0 Å². The van der Waals surface area contributed by atoms with E-state index in [-0.39, 0.29) is 28.6 Å². The minimum atomic E-state index is -0.755. The maximum Gasteiger partial charge on any atom is 0.269 e. The number of nitrogens with zero attached hydrogens (tertiary/aromatic N) is 2. The van der Waals surface area contributed by atoms with E-state index in [1.54, 1.807) is 25.1 Å². The van der Waals surface area contributed by atoms with Crippen molar-refractivity contribution in [2.24, 2.45) is 0 Å². The second-order valence-electron chi connectivity index (χ2n) is 7.62. The van der Waals surface area contributed by atoms with Gasteiger partial charge in [0.15, 0.2) is 11.6 Å². The quantitative estimate of drug-likeness (QED) is 0.332. The predicted molar refractivity (Wildman–Crippen MR) is 128 cm³/mol. The highest BCUT2D eigenvalue weighted by Crippen LogP contribution is 2.41. The zero-order chi connectivity index (χ0) is 24.1. The van der Waals surface area contributed by atoms with Crippen molar-refractivity contribution in [3.8, 4) is 6.07 Å². The standard InChI is InChI=1S/C25H23N3O4S/c1-4-17-8-10-18(11-9-17)22(30)14-33-25-21(13-26)24(23(16(3)29)15(2)27-25)19-6-5-7-20(12-19)28(31)32/h5-12,24,27H,4,14H2,1-3H3. The number of carbonyl (C=O) groups excluding carboxylic acids is 2. The second-order valence-corrected chi connectivity index (χ2v) is 8.61. The molecule has 7 nitrogen and oxygen atoms in total. The third kappa shape index (κ3) is 5.21. The van der Waals surface area contributed by atoms with Crippen molar-refractivity contribution in [2.45, 2.75) is 33.1 Å². The molecule has 0 saturated heterocycles. The molecule has 1 atom stereocenters. The van der Waals surface area contributed by atoms with Gasteiger partial charge in [0.2, 0.25) is 0 Å². The van der Waals surface area contributed by atoms with Gasteiger partial charge in [-0.25, -0.2) is 0 Å². The summed E-state index contributed by atoms with van der Waals surface area (Å²) >= 11 is 1.19. The van der Waals surface area contributed by atoms with Gasteiger partial charge in [-0.1, -0.05) is 55.1 Å². The number of non-ortho nitro benzene ring substituents is 1. The Balaban J connectivity index is 1.96. The van der Waals surface area contributed by atoms with E-state index in [1.165, 1.54) is 36.9 Å². The summed E-state index contributed by atoms with van der Waals surface area (Å²) in [6, 6.07) is 15.5. The van der Waals surface area contributed by atoms with Crippen LogP contribution in [0.4, 0.5) is 5.69 Å². The summed E-state index contributed by atoms with van der Waals surface area (Å²) in [6.45, 7) is 5.17. The lowest BCUT2D eigenvalue weighted by atomic mass is 9.81. The number of rotatable bonds is 8. The average molecular weight is 462 g/mol. The number of thioether (sulfide) groups is 1. The zero-order valence-corrected chi connectivity index (χ0v) is 19.4. The third-order valence-electron chi connectivity index (χ3n) is 5.47. The Morgan fingerprint density at radius 1 is 1.21 bits per heavy atom. The smallest absolute Gasteiger partial charge is 0.269 e. The molecule has 2 aromatic carbocycles. The van der Waals surface area contributed by atoms with Gasteiger partial charge in [0.25, 0.3) is 5.69 Å². The molecule has 2 aromatic rings. The van der Waals surface area contributed by atoms with Gasteiger partial charge in [-0.3, -0.25) is 19.7 Å². The molecule has 33 heavy (non-hydrogen) atoms. The number of allylic oxidation sites excluding steroid dienone is 3. The van der Waals surface area contributed by atoms with Crippen molar-refractivity contribution in [3.63, 3.8) is 0 Å². The maximum atomic E-state index is 12.7. The molecule has 0 bridgehead atoms. The SMILES string of the molecule is CCc1ccc(C(=O)CSC2=C(C#N)C(c3cccc([N+](=O)[O-])c3)C(C(C)=O)=C(C)N2)cc1. The van der Waals surface area contributed by atoms with Crippen molar-refractivity contribution < 1.29 is 14.5 Å². The number of carbonyl (C=O) groups is 2. The fraction of sp³-hybridized carbons (Fsp3) is 0.240. The topological polar surface area (TPSA) is 113 Å². The van der Waals surface area contributed by atoms with Gasteiger partial charge < -0.3 is 5.32 Å². The van der Waals surface area contributed by atoms with E-state index >= 15 is 0 Å². The largest absolute Gasteiger partial charge is 0.353 e. The number of hydrogen-bond donors (Lipinski definition) is 1. The molecule has 0 amide bonds. The molecular formula is C25H23N3O4S. The number of benzene rings is 2. The van der Waals surface area contributed by atoms with Crippen LogP contribution in [0.15, 0.2) is 70.4 Å². The van der Waals surface area contributed by atoms with Gasteiger partial charge in [-0.05, 0) is 31.4 Å². The van der Waals surface area contributed by atoms with Crippen LogP contribution in [0, 0.1) is 21.4 Å². The molecule has 1 aliphatic heterocycles. The monoisotopic (exact) mass is 461 g/mol. The molecular weight excluding hydrogens is 438 g/mol. The number of dihydropyridines is 1. The van der Waals surface area contributed by atoms with Gasteiger partial charge in [0.05, 0.1) is 33.3 Å². The van der Waals surface area contributed by atoms with E-state index in [1.807, 2.05) is 19.1 Å².